The highest BCUT2D eigenvalue weighted by molar-refractivity contribution is 7.09. The lowest BCUT2D eigenvalue weighted by atomic mass is 10.1. The van der Waals surface area contributed by atoms with E-state index in [1.54, 1.807) is 0 Å². The highest BCUT2D eigenvalue weighted by Gasteiger charge is 2.07. The molecule has 1 N–H and O–H groups in total. The van der Waals surface area contributed by atoms with E-state index in [4.69, 9.17) is 4.74 Å². The Morgan fingerprint density at radius 3 is 2.80 bits per heavy atom. The average Bonchev–Trinajstić information content (AvgIpc) is 2.70. The number of aryl methyl sites for hydroxylation is 1. The number of rotatable bonds is 7. The van der Waals surface area contributed by atoms with Gasteiger partial charge in [0.1, 0.15) is 0 Å². The van der Waals surface area contributed by atoms with Crippen LogP contribution in [0.1, 0.15) is 25.1 Å². The fraction of sp³-hybridized carbons (Fsp3) is 0.667. The summed E-state index contributed by atoms with van der Waals surface area (Å²) >= 11 is 1.83. The Balaban J connectivity index is 2.22. The van der Waals surface area contributed by atoms with Crippen LogP contribution in [-0.4, -0.2) is 25.8 Å². The van der Waals surface area contributed by atoms with Crippen molar-refractivity contribution in [3.05, 3.63) is 22.4 Å². The van der Waals surface area contributed by atoms with E-state index >= 15 is 0 Å². The fourth-order valence-corrected chi connectivity index (χ4v) is 2.12. The maximum absolute atomic E-state index is 5.61. The van der Waals surface area contributed by atoms with Crippen LogP contribution in [0.2, 0.25) is 0 Å². The molecule has 1 atom stereocenters. The second-order valence-corrected chi connectivity index (χ2v) is 5.02. The first-order valence-corrected chi connectivity index (χ1v) is 6.41. The largest absolute Gasteiger partial charge is 0.377 e. The summed E-state index contributed by atoms with van der Waals surface area (Å²) in [5.41, 5.74) is 0. The minimum absolute atomic E-state index is 0.322. The summed E-state index contributed by atoms with van der Waals surface area (Å²) in [6, 6.07) is 4.77. The summed E-state index contributed by atoms with van der Waals surface area (Å²) in [6.07, 6.45) is 2.61. The third kappa shape index (κ3) is 5.30. The molecule has 0 aliphatic rings. The third-order valence-electron chi connectivity index (χ3n) is 2.36. The summed E-state index contributed by atoms with van der Waals surface area (Å²) < 4.78 is 5.61. The molecule has 0 spiro atoms. The Hall–Kier alpha value is -0.380. The summed E-state index contributed by atoms with van der Waals surface area (Å²) in [6.45, 7) is 4.96. The first kappa shape index (κ1) is 12.7. The Morgan fingerprint density at radius 1 is 1.47 bits per heavy atom. The molecule has 0 bridgehead atoms. The van der Waals surface area contributed by atoms with Gasteiger partial charge in [0.05, 0.1) is 12.7 Å². The molecule has 86 valence electrons. The van der Waals surface area contributed by atoms with E-state index in [1.165, 1.54) is 4.88 Å². The predicted molar refractivity (Wildman–Crippen MR) is 66.6 cm³/mol. The molecule has 0 aliphatic heterocycles. The first-order valence-electron chi connectivity index (χ1n) is 5.53. The van der Waals surface area contributed by atoms with Gasteiger partial charge in [-0.25, -0.2) is 0 Å². The summed E-state index contributed by atoms with van der Waals surface area (Å²) in [5, 5.41) is 5.43. The molecule has 0 aliphatic carbocycles. The van der Waals surface area contributed by atoms with E-state index in [1.807, 2.05) is 18.4 Å². The zero-order chi connectivity index (χ0) is 11.1. The maximum atomic E-state index is 5.61. The van der Waals surface area contributed by atoms with Crippen LogP contribution in [0, 0.1) is 0 Å². The monoisotopic (exact) mass is 227 g/mol. The number of ether oxygens (including phenoxy) is 1. The maximum Gasteiger partial charge on any atom is 0.0623 e. The molecule has 0 fully saturated rings. The normalized spacial score (nSPS) is 13.3. The van der Waals surface area contributed by atoms with Crippen LogP contribution in [-0.2, 0) is 11.2 Å². The predicted octanol–water partition coefficient (Wildman–Crippen LogP) is 2.69. The molecular formula is C12H21NOS. The molecule has 0 aromatic carbocycles. The number of thiophene rings is 1. The van der Waals surface area contributed by atoms with E-state index in [9.17, 15) is 0 Å². The van der Waals surface area contributed by atoms with Gasteiger partial charge in [-0.15, -0.1) is 11.3 Å². The zero-order valence-electron chi connectivity index (χ0n) is 9.82. The minimum atomic E-state index is 0.322. The molecule has 0 amide bonds. The van der Waals surface area contributed by atoms with Crippen LogP contribution in [0.4, 0.5) is 0 Å². The van der Waals surface area contributed by atoms with Gasteiger partial charge in [0.15, 0.2) is 0 Å². The molecule has 0 saturated carbocycles. The molecule has 1 rings (SSSR count). The number of nitrogens with one attached hydrogen (secondary N) is 1. The van der Waals surface area contributed by atoms with Crippen LogP contribution in [0.25, 0.3) is 0 Å². The highest BCUT2D eigenvalue weighted by atomic mass is 32.1. The Bertz CT molecular complexity index is 246. The van der Waals surface area contributed by atoms with Gasteiger partial charge in [-0.2, -0.15) is 0 Å². The highest BCUT2D eigenvalue weighted by Crippen LogP contribution is 2.12. The molecule has 3 heteroatoms. The van der Waals surface area contributed by atoms with Crippen molar-refractivity contribution in [2.75, 3.05) is 13.7 Å². The van der Waals surface area contributed by atoms with E-state index in [0.717, 1.165) is 19.4 Å². The van der Waals surface area contributed by atoms with Crippen LogP contribution < -0.4 is 5.32 Å². The molecule has 1 aromatic heterocycles. The van der Waals surface area contributed by atoms with Gasteiger partial charge < -0.3 is 10.1 Å². The second-order valence-electron chi connectivity index (χ2n) is 3.99. The summed E-state index contributed by atoms with van der Waals surface area (Å²) in [5.74, 6) is 0. The topological polar surface area (TPSA) is 21.3 Å². The van der Waals surface area contributed by atoms with Crippen molar-refractivity contribution in [1.29, 1.82) is 0 Å². The second kappa shape index (κ2) is 6.99. The van der Waals surface area contributed by atoms with Gasteiger partial charge in [-0.1, -0.05) is 6.07 Å². The van der Waals surface area contributed by atoms with Gasteiger partial charge in [-0.3, -0.25) is 0 Å². The number of hydrogen-bond acceptors (Lipinski definition) is 3. The Morgan fingerprint density at radius 2 is 2.27 bits per heavy atom. The molecule has 2 nitrogen and oxygen atoms in total. The van der Waals surface area contributed by atoms with Gasteiger partial charge in [0, 0.05) is 10.9 Å². The molecule has 1 aromatic rings. The number of hydrogen-bond donors (Lipinski definition) is 1. The van der Waals surface area contributed by atoms with E-state index in [-0.39, 0.29) is 0 Å². The minimum Gasteiger partial charge on any atom is -0.377 e. The molecular weight excluding hydrogens is 206 g/mol. The average molecular weight is 227 g/mol. The van der Waals surface area contributed by atoms with Crippen molar-refractivity contribution in [2.45, 2.75) is 38.8 Å². The Kier molecular flexibility index (Phi) is 5.91. The van der Waals surface area contributed by atoms with Gasteiger partial charge in [0.2, 0.25) is 0 Å². The summed E-state index contributed by atoms with van der Waals surface area (Å²) in [7, 11) is 2.00. The van der Waals surface area contributed by atoms with Crippen molar-refractivity contribution in [3.63, 3.8) is 0 Å². The Labute approximate surface area is 96.7 Å². The SMILES string of the molecule is CNC(CCc1cccs1)COC(C)C. The van der Waals surface area contributed by atoms with Gasteiger partial charge >= 0.3 is 0 Å². The van der Waals surface area contributed by atoms with E-state index in [2.05, 4.69) is 36.7 Å². The van der Waals surface area contributed by atoms with Crippen molar-refractivity contribution >= 4 is 11.3 Å². The van der Waals surface area contributed by atoms with Crippen molar-refractivity contribution in [2.24, 2.45) is 0 Å². The van der Waals surface area contributed by atoms with Crippen molar-refractivity contribution < 1.29 is 4.74 Å². The molecule has 1 heterocycles. The molecule has 15 heavy (non-hydrogen) atoms. The van der Waals surface area contributed by atoms with Crippen LogP contribution >= 0.6 is 11.3 Å². The molecule has 0 radical (unpaired) electrons. The zero-order valence-corrected chi connectivity index (χ0v) is 10.6. The van der Waals surface area contributed by atoms with Gasteiger partial charge in [0.25, 0.3) is 0 Å². The lowest BCUT2D eigenvalue weighted by Crippen LogP contribution is -2.31. The van der Waals surface area contributed by atoms with Crippen LogP contribution in [0.15, 0.2) is 17.5 Å². The van der Waals surface area contributed by atoms with Crippen LogP contribution in [0.3, 0.4) is 0 Å². The summed E-state index contributed by atoms with van der Waals surface area (Å²) in [4.78, 5) is 1.46. The standard InChI is InChI=1S/C12H21NOS/c1-10(2)14-9-11(13-3)6-7-12-5-4-8-15-12/h4-5,8,10-11,13H,6-7,9H2,1-3H3. The lowest BCUT2D eigenvalue weighted by molar-refractivity contribution is 0.0612. The number of likely N-dealkylation sites (N-methyl/N-ethyl adjacent to an activating group) is 1. The smallest absolute Gasteiger partial charge is 0.0623 e. The van der Waals surface area contributed by atoms with E-state index in [0.29, 0.717) is 12.1 Å². The van der Waals surface area contributed by atoms with Crippen molar-refractivity contribution in [3.8, 4) is 0 Å². The van der Waals surface area contributed by atoms with Crippen molar-refractivity contribution in [1.82, 2.24) is 5.32 Å². The van der Waals surface area contributed by atoms with Gasteiger partial charge in [-0.05, 0) is 45.2 Å². The van der Waals surface area contributed by atoms with Crippen LogP contribution in [0.5, 0.6) is 0 Å². The first-order chi connectivity index (χ1) is 7.22. The molecule has 1 unspecified atom stereocenters. The van der Waals surface area contributed by atoms with E-state index < -0.39 is 0 Å². The third-order valence-corrected chi connectivity index (χ3v) is 3.29. The lowest BCUT2D eigenvalue weighted by Gasteiger charge is -2.17. The molecule has 0 saturated heterocycles. The quantitative estimate of drug-likeness (QED) is 0.773. The fourth-order valence-electron chi connectivity index (χ4n) is 1.39.